The Bertz CT molecular complexity index is 841. The number of azo groups is 1. The van der Waals surface area contributed by atoms with Gasteiger partial charge in [0.25, 0.3) is 0 Å². The van der Waals surface area contributed by atoms with Gasteiger partial charge in [0, 0.05) is 24.9 Å². The molecule has 0 amide bonds. The van der Waals surface area contributed by atoms with Crippen LogP contribution in [-0.2, 0) is 17.2 Å². The van der Waals surface area contributed by atoms with Gasteiger partial charge in [-0.2, -0.15) is 0 Å². The fraction of sp³-hybridized carbons (Fsp3) is 0.438. The van der Waals surface area contributed by atoms with Crippen LogP contribution in [-0.4, -0.2) is 31.6 Å². The zero-order valence-electron chi connectivity index (χ0n) is 14.8. The SMILES string of the molecule is CCCC([n+]1cn(C)cc1N=Nc1ccc(N(C)C)cc1)S(=O)(=O)[O-]. The third-order valence-electron chi connectivity index (χ3n) is 3.70. The van der Waals surface area contributed by atoms with E-state index in [1.54, 1.807) is 24.1 Å². The number of hydrogen-bond acceptors (Lipinski definition) is 6. The molecular weight excluding hydrogens is 342 g/mol. The van der Waals surface area contributed by atoms with Gasteiger partial charge in [0.2, 0.25) is 0 Å². The number of nitrogens with zero attached hydrogens (tertiary/aromatic N) is 5. The van der Waals surface area contributed by atoms with E-state index in [4.69, 9.17) is 0 Å². The topological polar surface area (TPSA) is 94.0 Å². The molecule has 0 fully saturated rings. The van der Waals surface area contributed by atoms with Crippen molar-refractivity contribution < 1.29 is 17.5 Å². The Kier molecular flexibility index (Phi) is 5.91. The molecule has 2 rings (SSSR count). The Hall–Kier alpha value is -2.26. The van der Waals surface area contributed by atoms with E-state index in [1.165, 1.54) is 4.57 Å². The lowest BCUT2D eigenvalue weighted by Crippen LogP contribution is -2.42. The Morgan fingerprint density at radius 2 is 1.88 bits per heavy atom. The van der Waals surface area contributed by atoms with Crippen LogP contribution >= 0.6 is 0 Å². The molecule has 0 spiro atoms. The molecule has 0 aliphatic carbocycles. The summed E-state index contributed by atoms with van der Waals surface area (Å²) in [6.07, 6.45) is 3.96. The van der Waals surface area contributed by atoms with Crippen LogP contribution < -0.4 is 9.47 Å². The lowest BCUT2D eigenvalue weighted by Gasteiger charge is -2.18. The van der Waals surface area contributed by atoms with Crippen LogP contribution in [0.2, 0.25) is 0 Å². The maximum Gasteiger partial charge on any atom is 0.320 e. The molecule has 8 nitrogen and oxygen atoms in total. The maximum atomic E-state index is 11.6. The van der Waals surface area contributed by atoms with Gasteiger partial charge >= 0.3 is 5.82 Å². The van der Waals surface area contributed by atoms with Gasteiger partial charge in [-0.15, -0.1) is 0 Å². The van der Waals surface area contributed by atoms with Gasteiger partial charge in [-0.25, -0.2) is 13.0 Å². The minimum atomic E-state index is -4.49. The summed E-state index contributed by atoms with van der Waals surface area (Å²) in [7, 11) is 1.13. The number of anilines is 1. The summed E-state index contributed by atoms with van der Waals surface area (Å²) in [4.78, 5) is 1.97. The van der Waals surface area contributed by atoms with Crippen LogP contribution in [0.4, 0.5) is 17.2 Å². The molecule has 0 bridgehead atoms. The molecule has 0 radical (unpaired) electrons. The molecule has 1 aromatic carbocycles. The monoisotopic (exact) mass is 365 g/mol. The van der Waals surface area contributed by atoms with E-state index >= 15 is 0 Å². The minimum absolute atomic E-state index is 0.223. The summed E-state index contributed by atoms with van der Waals surface area (Å²) in [5.74, 6) is 0.317. The van der Waals surface area contributed by atoms with Crippen molar-refractivity contribution in [1.82, 2.24) is 4.57 Å². The second-order valence-corrected chi connectivity index (χ2v) is 7.55. The highest BCUT2D eigenvalue weighted by Crippen LogP contribution is 2.22. The van der Waals surface area contributed by atoms with Gasteiger partial charge < -0.3 is 9.45 Å². The zero-order valence-corrected chi connectivity index (χ0v) is 15.6. The normalized spacial score (nSPS) is 13.3. The van der Waals surface area contributed by atoms with Crippen molar-refractivity contribution in [3.63, 3.8) is 0 Å². The largest absolute Gasteiger partial charge is 0.745 e. The van der Waals surface area contributed by atoms with Crippen LogP contribution in [0.3, 0.4) is 0 Å². The molecule has 0 saturated heterocycles. The van der Waals surface area contributed by atoms with Crippen molar-refractivity contribution in [1.29, 1.82) is 0 Å². The van der Waals surface area contributed by atoms with E-state index in [0.717, 1.165) is 5.69 Å². The van der Waals surface area contributed by atoms with E-state index < -0.39 is 15.5 Å². The smallest absolute Gasteiger partial charge is 0.320 e. The first kappa shape index (κ1) is 19.1. The number of aryl methyl sites for hydroxylation is 1. The molecule has 0 saturated carbocycles. The van der Waals surface area contributed by atoms with Crippen LogP contribution in [0.15, 0.2) is 47.0 Å². The van der Waals surface area contributed by atoms with Gasteiger partial charge in [-0.3, -0.25) is 4.57 Å². The molecule has 0 N–H and O–H groups in total. The average molecular weight is 365 g/mol. The highest BCUT2D eigenvalue weighted by molar-refractivity contribution is 7.85. The van der Waals surface area contributed by atoms with Gasteiger partial charge in [0.15, 0.2) is 11.7 Å². The molecule has 1 aromatic heterocycles. The molecule has 1 unspecified atom stereocenters. The Morgan fingerprint density at radius 3 is 2.40 bits per heavy atom. The van der Waals surface area contributed by atoms with Crippen molar-refractivity contribution in [3.05, 3.63) is 36.8 Å². The third-order valence-corrected chi connectivity index (χ3v) is 4.83. The molecule has 25 heavy (non-hydrogen) atoms. The summed E-state index contributed by atoms with van der Waals surface area (Å²) in [6.45, 7) is 1.83. The van der Waals surface area contributed by atoms with E-state index in [0.29, 0.717) is 17.9 Å². The lowest BCUT2D eigenvalue weighted by atomic mass is 10.3. The summed E-state index contributed by atoms with van der Waals surface area (Å²) < 4.78 is 37.8. The fourth-order valence-corrected chi connectivity index (χ4v) is 3.40. The van der Waals surface area contributed by atoms with Gasteiger partial charge in [0.05, 0.1) is 7.05 Å². The number of imidazole rings is 1. The zero-order chi connectivity index (χ0) is 18.6. The molecule has 0 aliphatic rings. The van der Waals surface area contributed by atoms with E-state index in [9.17, 15) is 13.0 Å². The lowest BCUT2D eigenvalue weighted by molar-refractivity contribution is -0.690. The standard InChI is InChI=1S/C16H23N5O3S/c1-5-6-16(25(22,23)24)21-12-20(4)11-15(21)18-17-13-7-9-14(10-8-13)19(2)3/h7-12,16H,5-6H2,1-4H3. The Balaban J connectivity index is 2.33. The molecule has 0 aliphatic heterocycles. The Labute approximate surface area is 148 Å². The highest BCUT2D eigenvalue weighted by Gasteiger charge is 2.26. The van der Waals surface area contributed by atoms with Crippen LogP contribution in [0.5, 0.6) is 0 Å². The van der Waals surface area contributed by atoms with Gasteiger partial charge in [-0.05, 0) is 30.7 Å². The first-order valence-corrected chi connectivity index (χ1v) is 9.40. The third kappa shape index (κ3) is 4.86. The van der Waals surface area contributed by atoms with E-state index in [1.807, 2.05) is 50.2 Å². The molecule has 9 heteroatoms. The van der Waals surface area contributed by atoms with Gasteiger partial charge in [-0.1, -0.05) is 18.5 Å². The highest BCUT2D eigenvalue weighted by atomic mass is 32.2. The summed E-state index contributed by atoms with van der Waals surface area (Å²) in [5.41, 5.74) is 1.67. The quantitative estimate of drug-likeness (QED) is 0.428. The molecular formula is C16H23N5O3S. The second kappa shape index (κ2) is 7.75. The number of hydrogen-bond donors (Lipinski definition) is 0. The predicted octanol–water partition coefficient (Wildman–Crippen LogP) is 2.64. The Morgan fingerprint density at radius 1 is 1.24 bits per heavy atom. The summed E-state index contributed by atoms with van der Waals surface area (Å²) in [6, 6.07) is 7.46. The number of benzene rings is 1. The fourth-order valence-electron chi connectivity index (χ4n) is 2.43. The maximum absolute atomic E-state index is 11.6. The van der Waals surface area contributed by atoms with Crippen molar-refractivity contribution in [2.75, 3.05) is 19.0 Å². The molecule has 136 valence electrons. The van der Waals surface area contributed by atoms with Crippen LogP contribution in [0.1, 0.15) is 25.1 Å². The van der Waals surface area contributed by atoms with Crippen molar-refractivity contribution in [2.45, 2.75) is 25.1 Å². The minimum Gasteiger partial charge on any atom is -0.745 e. The first-order chi connectivity index (χ1) is 11.7. The molecule has 1 heterocycles. The summed E-state index contributed by atoms with van der Waals surface area (Å²) >= 11 is 0. The van der Waals surface area contributed by atoms with E-state index in [-0.39, 0.29) is 6.42 Å². The average Bonchev–Trinajstić information content (AvgIpc) is 2.90. The van der Waals surface area contributed by atoms with Crippen LogP contribution in [0.25, 0.3) is 0 Å². The predicted molar refractivity (Wildman–Crippen MR) is 94.2 cm³/mol. The second-order valence-electron chi connectivity index (χ2n) is 6.02. The number of aromatic nitrogens is 2. The first-order valence-electron chi connectivity index (χ1n) is 7.93. The number of rotatable bonds is 7. The van der Waals surface area contributed by atoms with Crippen molar-refractivity contribution in [2.24, 2.45) is 17.3 Å². The summed E-state index contributed by atoms with van der Waals surface area (Å²) in [5, 5.41) is 7.10. The van der Waals surface area contributed by atoms with Crippen LogP contribution in [0, 0.1) is 0 Å². The molecule has 1 atom stereocenters. The van der Waals surface area contributed by atoms with E-state index in [2.05, 4.69) is 10.2 Å². The molecule has 2 aromatic rings. The van der Waals surface area contributed by atoms with Crippen molar-refractivity contribution in [3.8, 4) is 0 Å². The van der Waals surface area contributed by atoms with Crippen molar-refractivity contribution >= 4 is 27.3 Å². The van der Waals surface area contributed by atoms with Gasteiger partial charge in [0.1, 0.15) is 22.0 Å².